The zero-order valence-electron chi connectivity index (χ0n) is 10.5. The summed E-state index contributed by atoms with van der Waals surface area (Å²) in [5, 5.41) is 5.10. The molecule has 0 radical (unpaired) electrons. The second-order valence-corrected chi connectivity index (χ2v) is 6.88. The highest BCUT2D eigenvalue weighted by molar-refractivity contribution is 8.15. The van der Waals surface area contributed by atoms with Crippen LogP contribution in [0.25, 0.3) is 10.2 Å². The summed E-state index contributed by atoms with van der Waals surface area (Å²) in [6, 6.07) is 3.90. The number of primary amides is 1. The van der Waals surface area contributed by atoms with E-state index in [0.29, 0.717) is 5.75 Å². The number of carbonyl (C=O) groups excluding carboxylic acids is 1. The van der Waals surface area contributed by atoms with E-state index in [1.807, 2.05) is 0 Å². The van der Waals surface area contributed by atoms with Gasteiger partial charge in [-0.15, -0.1) is 23.1 Å². The molecule has 1 aromatic carbocycles. The molecule has 3 heterocycles. The van der Waals surface area contributed by atoms with Crippen molar-refractivity contribution < 1.29 is 4.79 Å². The van der Waals surface area contributed by atoms with E-state index in [0.717, 1.165) is 33.2 Å². The summed E-state index contributed by atoms with van der Waals surface area (Å²) in [5.41, 5.74) is 8.84. The monoisotopic (exact) mass is 304 g/mol. The van der Waals surface area contributed by atoms with Gasteiger partial charge in [0.05, 0.1) is 10.2 Å². The maximum absolute atomic E-state index is 11.2. The molecule has 1 amide bonds. The number of hydrogen-bond acceptors (Lipinski definition) is 6. The van der Waals surface area contributed by atoms with Gasteiger partial charge in [0, 0.05) is 18.0 Å². The Kier molecular flexibility index (Phi) is 2.71. The quantitative estimate of drug-likeness (QED) is 0.883. The molecule has 0 saturated carbocycles. The van der Waals surface area contributed by atoms with Crippen LogP contribution in [-0.4, -0.2) is 34.3 Å². The highest BCUT2D eigenvalue weighted by Crippen LogP contribution is 2.34. The predicted octanol–water partition coefficient (Wildman–Crippen LogP) is 1.61. The van der Waals surface area contributed by atoms with Crippen LogP contribution in [0.2, 0.25) is 0 Å². The first-order chi connectivity index (χ1) is 9.70. The molecule has 0 fully saturated rings. The molecule has 1 atom stereocenters. The third-order valence-corrected chi connectivity index (χ3v) is 5.69. The lowest BCUT2D eigenvalue weighted by molar-refractivity contribution is -0.118. The molecule has 0 bridgehead atoms. The Bertz CT molecular complexity index is 711. The van der Waals surface area contributed by atoms with Crippen LogP contribution in [0.4, 0.5) is 5.69 Å². The van der Waals surface area contributed by atoms with Crippen molar-refractivity contribution in [2.75, 3.05) is 17.6 Å². The number of benzene rings is 1. The average Bonchev–Trinajstić information content (AvgIpc) is 3.13. The molecule has 3 N–H and O–H groups in total. The second-order valence-electron chi connectivity index (χ2n) is 4.84. The molecule has 0 saturated heterocycles. The molecule has 2 aromatic rings. The molecule has 7 heteroatoms. The molecule has 2 aliphatic heterocycles. The Morgan fingerprint density at radius 1 is 1.45 bits per heavy atom. The van der Waals surface area contributed by atoms with Gasteiger partial charge in [-0.05, 0) is 24.1 Å². The van der Waals surface area contributed by atoms with Crippen LogP contribution in [0.5, 0.6) is 0 Å². The summed E-state index contributed by atoms with van der Waals surface area (Å²) in [4.78, 5) is 20.2. The van der Waals surface area contributed by atoms with Crippen LogP contribution in [0.3, 0.4) is 0 Å². The normalized spacial score (nSPS) is 20.8. The molecule has 102 valence electrons. The molecular formula is C13H12N4OS2. The van der Waals surface area contributed by atoms with E-state index in [1.54, 1.807) is 23.1 Å². The fraction of sp³-hybridized carbons (Fsp3) is 0.308. The standard InChI is InChI=1S/C13H12N4OS2/c14-11(18)9-5-19-12(17-9)13-16-8-3-6-1-2-15-7(6)4-10(8)20-13/h3-4,9,15H,1-2,5H2,(H2,14,18)/t9-/m1/s1. The van der Waals surface area contributed by atoms with Gasteiger partial charge in [-0.25, -0.2) is 4.98 Å². The molecule has 0 spiro atoms. The number of rotatable bonds is 2. The fourth-order valence-corrected chi connectivity index (χ4v) is 4.55. The van der Waals surface area contributed by atoms with Crippen molar-refractivity contribution >= 4 is 50.0 Å². The van der Waals surface area contributed by atoms with Crippen LogP contribution in [-0.2, 0) is 11.2 Å². The number of thiazole rings is 1. The first-order valence-corrected chi connectivity index (χ1v) is 8.18. The van der Waals surface area contributed by atoms with E-state index in [9.17, 15) is 4.79 Å². The predicted molar refractivity (Wildman–Crippen MR) is 83.8 cm³/mol. The maximum atomic E-state index is 11.2. The first-order valence-electron chi connectivity index (χ1n) is 6.38. The molecule has 1 aromatic heterocycles. The van der Waals surface area contributed by atoms with Crippen molar-refractivity contribution in [3.05, 3.63) is 22.7 Å². The molecule has 2 aliphatic rings. The molecular weight excluding hydrogens is 292 g/mol. The first kappa shape index (κ1) is 12.2. The van der Waals surface area contributed by atoms with E-state index >= 15 is 0 Å². The molecule has 20 heavy (non-hydrogen) atoms. The Balaban J connectivity index is 1.75. The molecule has 5 nitrogen and oxygen atoms in total. The van der Waals surface area contributed by atoms with Gasteiger partial charge in [-0.3, -0.25) is 9.79 Å². The number of aliphatic imine (C=N–C) groups is 1. The largest absolute Gasteiger partial charge is 0.384 e. The Morgan fingerprint density at radius 3 is 3.15 bits per heavy atom. The van der Waals surface area contributed by atoms with Crippen LogP contribution in [0, 0.1) is 0 Å². The van der Waals surface area contributed by atoms with Crippen molar-refractivity contribution in [3.8, 4) is 0 Å². The van der Waals surface area contributed by atoms with Gasteiger partial charge in [0.2, 0.25) is 5.91 Å². The smallest absolute Gasteiger partial charge is 0.243 e. The topological polar surface area (TPSA) is 80.4 Å². The minimum atomic E-state index is -0.409. The van der Waals surface area contributed by atoms with Gasteiger partial charge < -0.3 is 11.1 Å². The summed E-state index contributed by atoms with van der Waals surface area (Å²) in [6.07, 6.45) is 1.05. The number of amides is 1. The van der Waals surface area contributed by atoms with E-state index in [4.69, 9.17) is 5.73 Å². The van der Waals surface area contributed by atoms with Crippen LogP contribution >= 0.6 is 23.1 Å². The van der Waals surface area contributed by atoms with E-state index < -0.39 is 6.04 Å². The number of anilines is 1. The van der Waals surface area contributed by atoms with Crippen molar-refractivity contribution in [2.24, 2.45) is 10.7 Å². The van der Waals surface area contributed by atoms with Gasteiger partial charge in [0.25, 0.3) is 0 Å². The fourth-order valence-electron chi connectivity index (χ4n) is 2.45. The lowest BCUT2D eigenvalue weighted by atomic mass is 10.1. The summed E-state index contributed by atoms with van der Waals surface area (Å²) < 4.78 is 1.15. The number of aromatic nitrogens is 1. The number of thioether (sulfide) groups is 1. The third-order valence-electron chi connectivity index (χ3n) is 3.49. The summed E-state index contributed by atoms with van der Waals surface area (Å²) in [7, 11) is 0. The van der Waals surface area contributed by atoms with Crippen LogP contribution in [0.1, 0.15) is 10.6 Å². The van der Waals surface area contributed by atoms with Crippen molar-refractivity contribution in [2.45, 2.75) is 12.5 Å². The lowest BCUT2D eigenvalue weighted by Gasteiger charge is -1.97. The zero-order valence-corrected chi connectivity index (χ0v) is 12.2. The second kappa shape index (κ2) is 4.46. The Labute approximate surface area is 123 Å². The summed E-state index contributed by atoms with van der Waals surface area (Å²) in [6.45, 7) is 1.00. The average molecular weight is 304 g/mol. The van der Waals surface area contributed by atoms with Crippen LogP contribution < -0.4 is 11.1 Å². The lowest BCUT2D eigenvalue weighted by Crippen LogP contribution is -2.26. The van der Waals surface area contributed by atoms with Gasteiger partial charge in [-0.1, -0.05) is 0 Å². The van der Waals surface area contributed by atoms with E-state index in [2.05, 4.69) is 27.4 Å². The van der Waals surface area contributed by atoms with Crippen LogP contribution in [0.15, 0.2) is 17.1 Å². The van der Waals surface area contributed by atoms with Gasteiger partial charge in [-0.2, -0.15) is 0 Å². The zero-order chi connectivity index (χ0) is 13.7. The summed E-state index contributed by atoms with van der Waals surface area (Å²) in [5.74, 6) is 0.260. The van der Waals surface area contributed by atoms with Crippen molar-refractivity contribution in [3.63, 3.8) is 0 Å². The minimum absolute atomic E-state index is 0.364. The van der Waals surface area contributed by atoms with E-state index in [1.165, 1.54) is 11.3 Å². The molecule has 0 unspecified atom stereocenters. The van der Waals surface area contributed by atoms with Gasteiger partial charge in [0.15, 0.2) is 0 Å². The minimum Gasteiger partial charge on any atom is -0.384 e. The number of carbonyl (C=O) groups is 1. The van der Waals surface area contributed by atoms with Crippen molar-refractivity contribution in [1.29, 1.82) is 0 Å². The van der Waals surface area contributed by atoms with E-state index in [-0.39, 0.29) is 5.91 Å². The SMILES string of the molecule is NC(=O)[C@H]1CSC(c2nc3cc4c(cc3s2)NCC4)=N1. The highest BCUT2D eigenvalue weighted by atomic mass is 32.2. The Morgan fingerprint density at radius 2 is 2.35 bits per heavy atom. The maximum Gasteiger partial charge on any atom is 0.243 e. The number of hydrogen-bond donors (Lipinski definition) is 2. The summed E-state index contributed by atoms with van der Waals surface area (Å²) >= 11 is 3.18. The number of fused-ring (bicyclic) bond motifs is 2. The third kappa shape index (κ3) is 1.89. The molecule has 4 rings (SSSR count). The number of nitrogens with zero attached hydrogens (tertiary/aromatic N) is 2. The van der Waals surface area contributed by atoms with Gasteiger partial charge >= 0.3 is 0 Å². The molecule has 0 aliphatic carbocycles. The number of nitrogens with one attached hydrogen (secondary N) is 1. The Hall–Kier alpha value is -1.60. The van der Waals surface area contributed by atoms with Crippen molar-refractivity contribution in [1.82, 2.24) is 4.98 Å². The number of nitrogens with two attached hydrogens (primary N) is 1. The highest BCUT2D eigenvalue weighted by Gasteiger charge is 2.25. The van der Waals surface area contributed by atoms with Gasteiger partial charge in [0.1, 0.15) is 16.1 Å².